The maximum atomic E-state index is 11.5. The Labute approximate surface area is 128 Å². The van der Waals surface area contributed by atoms with Gasteiger partial charge in [-0.25, -0.2) is 4.79 Å². The van der Waals surface area contributed by atoms with Crippen LogP contribution in [0.4, 0.5) is 10.6 Å². The van der Waals surface area contributed by atoms with Gasteiger partial charge in [-0.2, -0.15) is 0 Å². The lowest BCUT2D eigenvalue weighted by molar-refractivity contribution is 0.100. The molecule has 3 amide bonds. The van der Waals surface area contributed by atoms with Crippen molar-refractivity contribution >= 4 is 31.1 Å². The summed E-state index contributed by atoms with van der Waals surface area (Å²) in [7, 11) is 7.43. The Morgan fingerprint density at radius 1 is 1.27 bits per heavy atom. The Morgan fingerprint density at radius 2 is 1.95 bits per heavy atom. The summed E-state index contributed by atoms with van der Waals surface area (Å²) in [6.07, 6.45) is 0. The monoisotopic (exact) mass is 298 g/mol. The molecule has 0 atom stereocenters. The molecule has 0 unspecified atom stereocenters. The smallest absolute Gasteiger partial charge is 0.317 e. The number of rotatable bonds is 4. The summed E-state index contributed by atoms with van der Waals surface area (Å²) in [5, 5.41) is 2.32. The van der Waals surface area contributed by atoms with Gasteiger partial charge in [-0.15, -0.1) is 0 Å². The van der Waals surface area contributed by atoms with Crippen molar-refractivity contribution < 1.29 is 14.3 Å². The zero-order valence-electron chi connectivity index (χ0n) is 12.2. The molecule has 22 heavy (non-hydrogen) atoms. The van der Waals surface area contributed by atoms with Crippen LogP contribution in [0, 0.1) is 6.92 Å². The molecular weight excluding hydrogens is 283 g/mol. The number of benzene rings is 1. The van der Waals surface area contributed by atoms with Crippen LogP contribution >= 0.6 is 0 Å². The van der Waals surface area contributed by atoms with E-state index in [-0.39, 0.29) is 11.4 Å². The minimum Gasteiger partial charge on any atom is -0.497 e. The largest absolute Gasteiger partial charge is 0.497 e. The number of ether oxygens (including phenoxy) is 1. The zero-order chi connectivity index (χ0) is 16.4. The molecular formula is C14H15BN4O3. The summed E-state index contributed by atoms with van der Waals surface area (Å²) >= 11 is 0. The van der Waals surface area contributed by atoms with Gasteiger partial charge in [0.1, 0.15) is 19.4 Å². The number of primary amides is 2. The summed E-state index contributed by atoms with van der Waals surface area (Å²) in [6.45, 7) is 1.87. The van der Waals surface area contributed by atoms with Crippen molar-refractivity contribution in [2.24, 2.45) is 11.5 Å². The van der Waals surface area contributed by atoms with Crippen molar-refractivity contribution in [2.75, 3.05) is 12.4 Å². The van der Waals surface area contributed by atoms with E-state index in [9.17, 15) is 9.59 Å². The number of aryl methyl sites for hydroxylation is 1. The molecule has 1 heterocycles. The van der Waals surface area contributed by atoms with Gasteiger partial charge in [-0.05, 0) is 19.1 Å². The molecule has 0 saturated heterocycles. The predicted octanol–water partition coefficient (Wildman–Crippen LogP) is 0.382. The first-order valence-electron chi connectivity index (χ1n) is 6.37. The number of urea groups is 1. The van der Waals surface area contributed by atoms with E-state index in [4.69, 9.17) is 24.1 Å². The molecule has 0 bridgehead atoms. The quantitative estimate of drug-likeness (QED) is 0.610. The fourth-order valence-electron chi connectivity index (χ4n) is 2.24. The minimum absolute atomic E-state index is 0.107. The number of methoxy groups -OCH3 is 1. The maximum absolute atomic E-state index is 11.5. The van der Waals surface area contributed by atoms with Gasteiger partial charge in [0.15, 0.2) is 0 Å². The van der Waals surface area contributed by atoms with Gasteiger partial charge in [-0.1, -0.05) is 17.1 Å². The van der Waals surface area contributed by atoms with E-state index in [0.717, 1.165) is 5.56 Å². The molecule has 0 fully saturated rings. The van der Waals surface area contributed by atoms with E-state index in [1.165, 1.54) is 13.2 Å². The van der Waals surface area contributed by atoms with Crippen LogP contribution in [0.2, 0.25) is 0 Å². The predicted molar refractivity (Wildman–Crippen MR) is 84.6 cm³/mol. The highest BCUT2D eigenvalue weighted by molar-refractivity contribution is 6.35. The van der Waals surface area contributed by atoms with Gasteiger partial charge in [0.05, 0.1) is 18.4 Å². The third kappa shape index (κ3) is 2.90. The van der Waals surface area contributed by atoms with Crippen molar-refractivity contribution in [3.05, 3.63) is 29.3 Å². The van der Waals surface area contributed by atoms with Crippen molar-refractivity contribution in [1.29, 1.82) is 0 Å². The number of anilines is 1. The van der Waals surface area contributed by atoms with Crippen LogP contribution in [-0.2, 0) is 0 Å². The Bertz CT molecular complexity index is 755. The second-order valence-corrected chi connectivity index (χ2v) is 4.76. The van der Waals surface area contributed by atoms with Gasteiger partial charge in [0, 0.05) is 5.56 Å². The lowest BCUT2D eigenvalue weighted by Crippen LogP contribution is -2.22. The third-order valence-corrected chi connectivity index (χ3v) is 3.09. The van der Waals surface area contributed by atoms with Crippen LogP contribution in [0.1, 0.15) is 15.9 Å². The molecule has 0 aliphatic rings. The molecule has 0 aliphatic carbocycles. The van der Waals surface area contributed by atoms with Crippen LogP contribution in [0.15, 0.2) is 18.2 Å². The standard InChI is InChI=1S/C14H15BN4O3/c1-6-3-7(11(22-2)9(15)4-6)10-5-8(12(16)20)13(18-10)19-14(17)21/h3-5,18H,1-2H3,(H2,16,20)(H3,17,19,21). The molecule has 0 aliphatic heterocycles. The maximum Gasteiger partial charge on any atom is 0.317 e. The van der Waals surface area contributed by atoms with E-state index >= 15 is 0 Å². The zero-order valence-corrected chi connectivity index (χ0v) is 12.2. The molecule has 2 rings (SSSR count). The van der Waals surface area contributed by atoms with E-state index in [1.807, 2.05) is 13.0 Å². The number of nitrogens with one attached hydrogen (secondary N) is 2. The molecule has 2 aromatic rings. The summed E-state index contributed by atoms with van der Waals surface area (Å²) in [6, 6.07) is 4.29. The molecule has 6 N–H and O–H groups in total. The Balaban J connectivity index is 2.63. The average molecular weight is 298 g/mol. The second-order valence-electron chi connectivity index (χ2n) is 4.76. The summed E-state index contributed by atoms with van der Waals surface area (Å²) in [4.78, 5) is 25.4. The van der Waals surface area contributed by atoms with Gasteiger partial charge >= 0.3 is 6.03 Å². The van der Waals surface area contributed by atoms with Gasteiger partial charge < -0.3 is 21.2 Å². The lowest BCUT2D eigenvalue weighted by atomic mass is 9.90. The third-order valence-electron chi connectivity index (χ3n) is 3.09. The number of nitrogens with two attached hydrogens (primary N) is 2. The van der Waals surface area contributed by atoms with Gasteiger partial charge in [-0.3, -0.25) is 10.1 Å². The number of amides is 3. The average Bonchev–Trinajstić information content (AvgIpc) is 2.81. The highest BCUT2D eigenvalue weighted by atomic mass is 16.5. The fourth-order valence-corrected chi connectivity index (χ4v) is 2.24. The first-order valence-corrected chi connectivity index (χ1v) is 6.37. The molecule has 8 heteroatoms. The van der Waals surface area contributed by atoms with Crippen molar-refractivity contribution in [3.8, 4) is 17.0 Å². The van der Waals surface area contributed by atoms with Crippen molar-refractivity contribution in [1.82, 2.24) is 4.98 Å². The fraction of sp³-hybridized carbons (Fsp3) is 0.143. The van der Waals surface area contributed by atoms with E-state index in [0.29, 0.717) is 22.5 Å². The topological polar surface area (TPSA) is 123 Å². The van der Waals surface area contributed by atoms with Crippen molar-refractivity contribution in [3.63, 3.8) is 0 Å². The minimum atomic E-state index is -0.813. The van der Waals surface area contributed by atoms with Crippen LogP contribution in [0.3, 0.4) is 0 Å². The highest BCUT2D eigenvalue weighted by Gasteiger charge is 2.18. The Kier molecular flexibility index (Phi) is 4.12. The van der Waals surface area contributed by atoms with Crippen LogP contribution in [-0.4, -0.2) is 31.9 Å². The van der Waals surface area contributed by atoms with Crippen LogP contribution in [0.25, 0.3) is 11.3 Å². The van der Waals surface area contributed by atoms with Crippen LogP contribution < -0.4 is 27.0 Å². The molecule has 112 valence electrons. The normalized spacial score (nSPS) is 10.3. The SMILES string of the molecule is [B]c1cc(C)cc(-c2cc(C(N)=O)c(NC(N)=O)[nH]2)c1OC. The summed E-state index contributed by atoms with van der Waals surface area (Å²) in [5.74, 6) is -0.128. The molecule has 0 spiro atoms. The number of H-pyrrole nitrogens is 1. The first-order chi connectivity index (χ1) is 10.3. The summed E-state index contributed by atoms with van der Waals surface area (Å²) in [5.41, 5.74) is 13.0. The van der Waals surface area contributed by atoms with Crippen LogP contribution in [0.5, 0.6) is 5.75 Å². The number of carbonyl (C=O) groups is 2. The number of carbonyl (C=O) groups excluding carboxylic acids is 2. The number of aromatic amines is 1. The molecule has 7 nitrogen and oxygen atoms in total. The lowest BCUT2D eigenvalue weighted by Gasteiger charge is -2.12. The van der Waals surface area contributed by atoms with Crippen molar-refractivity contribution in [2.45, 2.75) is 6.92 Å². The number of hydrogen-bond donors (Lipinski definition) is 4. The molecule has 1 aromatic heterocycles. The van der Waals surface area contributed by atoms with Gasteiger partial charge in [0.2, 0.25) is 0 Å². The number of aromatic nitrogens is 1. The molecule has 2 radical (unpaired) electrons. The first kappa shape index (κ1) is 15.5. The molecule has 1 aromatic carbocycles. The number of hydrogen-bond acceptors (Lipinski definition) is 3. The second kappa shape index (κ2) is 5.84. The summed E-state index contributed by atoms with van der Waals surface area (Å²) < 4.78 is 5.30. The van der Waals surface area contributed by atoms with E-state index in [2.05, 4.69) is 10.3 Å². The van der Waals surface area contributed by atoms with E-state index < -0.39 is 11.9 Å². The highest BCUT2D eigenvalue weighted by Crippen LogP contribution is 2.31. The Morgan fingerprint density at radius 3 is 2.50 bits per heavy atom. The van der Waals surface area contributed by atoms with Gasteiger partial charge in [0.25, 0.3) is 5.91 Å². The Hall–Kier alpha value is -2.90. The molecule has 0 saturated carbocycles. The van der Waals surface area contributed by atoms with E-state index in [1.54, 1.807) is 6.07 Å².